The van der Waals surface area contributed by atoms with Crippen LogP contribution in [0.1, 0.15) is 52.4 Å². The molecule has 126 valence electrons. The van der Waals surface area contributed by atoms with Crippen molar-refractivity contribution in [3.63, 3.8) is 0 Å². The Morgan fingerprint density at radius 3 is 2.36 bits per heavy atom. The Hall–Kier alpha value is 0.110. The Balaban J connectivity index is 2.27. The van der Waals surface area contributed by atoms with Crippen molar-refractivity contribution in [2.45, 2.75) is 57.3 Å². The van der Waals surface area contributed by atoms with E-state index in [-0.39, 0.29) is 0 Å². The number of hydrogen-bond donors (Lipinski definition) is 0. The number of rotatable bonds is 13. The minimum atomic E-state index is -2.63. The van der Waals surface area contributed by atoms with Crippen LogP contribution in [-0.4, -0.2) is 17.9 Å². The van der Waals surface area contributed by atoms with Crippen molar-refractivity contribution in [3.8, 4) is 0 Å². The molecule has 0 saturated heterocycles. The fourth-order valence-corrected chi connectivity index (χ4v) is 8.41. The van der Waals surface area contributed by atoms with Gasteiger partial charge in [-0.25, -0.2) is 0 Å². The fourth-order valence-electron chi connectivity index (χ4n) is 2.09. The smallest absolute Gasteiger partial charge is 0.271 e. The average Bonchev–Trinajstić information content (AvgIpc) is 2.51. The maximum absolute atomic E-state index is 12.9. The maximum Gasteiger partial charge on any atom is 0.271 e. The summed E-state index contributed by atoms with van der Waals surface area (Å²) in [6.07, 6.45) is 7.83. The molecule has 0 saturated carbocycles. The van der Waals surface area contributed by atoms with Gasteiger partial charge in [0, 0.05) is 4.90 Å². The molecule has 0 bridgehead atoms. The maximum atomic E-state index is 12.9. The van der Waals surface area contributed by atoms with Crippen LogP contribution in [-0.2, 0) is 9.09 Å². The Bertz CT molecular complexity index is 426. The third-order valence-electron chi connectivity index (χ3n) is 3.21. The van der Waals surface area contributed by atoms with E-state index in [0.717, 1.165) is 10.6 Å². The summed E-state index contributed by atoms with van der Waals surface area (Å²) in [7, 11) is 0. The van der Waals surface area contributed by atoms with Crippen LogP contribution in [0.25, 0.3) is 0 Å². The van der Waals surface area contributed by atoms with Gasteiger partial charge in [-0.2, -0.15) is 11.8 Å². The van der Waals surface area contributed by atoms with Gasteiger partial charge in [-0.15, -0.1) is 0 Å². The molecule has 1 atom stereocenters. The van der Waals surface area contributed by atoms with Gasteiger partial charge in [0.25, 0.3) is 6.57 Å². The molecule has 2 nitrogen and oxygen atoms in total. The molecule has 1 aromatic rings. The highest BCUT2D eigenvalue weighted by molar-refractivity contribution is 8.58. The van der Waals surface area contributed by atoms with E-state index in [0.29, 0.717) is 12.1 Å². The Morgan fingerprint density at radius 1 is 1.00 bits per heavy atom. The molecule has 0 aliphatic carbocycles. The van der Waals surface area contributed by atoms with Gasteiger partial charge in [0.15, 0.2) is 0 Å². The molecule has 0 aliphatic heterocycles. The summed E-state index contributed by atoms with van der Waals surface area (Å²) in [4.78, 5) is 1.03. The van der Waals surface area contributed by atoms with Crippen LogP contribution >= 0.6 is 29.7 Å². The zero-order valence-electron chi connectivity index (χ0n) is 13.8. The molecule has 0 aromatic heterocycles. The van der Waals surface area contributed by atoms with Gasteiger partial charge in [-0.1, -0.05) is 57.2 Å². The third-order valence-corrected chi connectivity index (χ3v) is 9.92. The second kappa shape index (κ2) is 12.5. The van der Waals surface area contributed by atoms with Crippen LogP contribution in [0.2, 0.25) is 0 Å². The summed E-state index contributed by atoms with van der Waals surface area (Å²) in [5.74, 6) is 1.08. The number of thioether (sulfide) groups is 1. The zero-order valence-corrected chi connectivity index (χ0v) is 16.4. The lowest BCUT2D eigenvalue weighted by atomic mass is 10.1. The lowest BCUT2D eigenvalue weighted by Gasteiger charge is -2.16. The number of benzene rings is 1. The minimum absolute atomic E-state index is 0.509. The van der Waals surface area contributed by atoms with Crippen LogP contribution < -0.4 is 0 Å². The topological polar surface area (TPSA) is 26.3 Å². The lowest BCUT2D eigenvalue weighted by Crippen LogP contribution is -1.91. The number of unbranched alkanes of at least 4 members (excludes halogenated alkanes) is 5. The van der Waals surface area contributed by atoms with E-state index >= 15 is 0 Å². The normalized spacial score (nSPS) is 13.9. The molecule has 5 heteroatoms. The van der Waals surface area contributed by atoms with E-state index in [2.05, 4.69) is 6.92 Å². The van der Waals surface area contributed by atoms with Gasteiger partial charge in [0.2, 0.25) is 0 Å². The highest BCUT2D eigenvalue weighted by Gasteiger charge is 2.24. The van der Waals surface area contributed by atoms with E-state index in [9.17, 15) is 4.57 Å². The van der Waals surface area contributed by atoms with Crippen molar-refractivity contribution < 1.29 is 9.09 Å². The van der Waals surface area contributed by atoms with Crippen LogP contribution in [0.5, 0.6) is 0 Å². The first kappa shape index (κ1) is 20.2. The molecule has 0 fully saturated rings. The van der Waals surface area contributed by atoms with Crippen LogP contribution in [0.3, 0.4) is 0 Å². The number of hydrogen-bond acceptors (Lipinski definition) is 4. The van der Waals surface area contributed by atoms with Crippen molar-refractivity contribution in [2.24, 2.45) is 0 Å². The molecular weight excluding hydrogens is 331 g/mol. The first-order valence-electron chi connectivity index (χ1n) is 8.26. The largest absolute Gasteiger partial charge is 0.321 e. The molecule has 0 N–H and O–H groups in total. The molecular formula is C17H29O2PS2. The molecule has 0 heterocycles. The van der Waals surface area contributed by atoms with E-state index in [1.54, 1.807) is 11.8 Å². The van der Waals surface area contributed by atoms with Crippen molar-refractivity contribution >= 4 is 29.7 Å². The Kier molecular flexibility index (Phi) is 11.5. The summed E-state index contributed by atoms with van der Waals surface area (Å²) >= 11 is 3.18. The van der Waals surface area contributed by atoms with E-state index in [4.69, 9.17) is 4.52 Å². The highest BCUT2D eigenvalue weighted by atomic mass is 32.7. The first-order chi connectivity index (χ1) is 10.7. The predicted molar refractivity (Wildman–Crippen MR) is 102 cm³/mol. The lowest BCUT2D eigenvalue weighted by molar-refractivity contribution is 0.349. The van der Waals surface area contributed by atoms with Gasteiger partial charge in [0.1, 0.15) is 0 Å². The predicted octanol–water partition coefficient (Wildman–Crippen LogP) is 7.06. The third kappa shape index (κ3) is 9.29. The van der Waals surface area contributed by atoms with Crippen LogP contribution in [0.4, 0.5) is 0 Å². The zero-order chi connectivity index (χ0) is 16.1. The Labute approximate surface area is 144 Å². The second-order valence-corrected chi connectivity index (χ2v) is 11.4. The van der Waals surface area contributed by atoms with E-state index in [1.807, 2.05) is 37.3 Å². The molecule has 0 spiro atoms. The SMILES string of the molecule is CCCCCCCCSCP(=O)(OCC)Sc1ccccc1. The fraction of sp³-hybridized carbons (Fsp3) is 0.647. The van der Waals surface area contributed by atoms with Crippen molar-refractivity contribution in [2.75, 3.05) is 17.9 Å². The summed E-state index contributed by atoms with van der Waals surface area (Å²) in [5.41, 5.74) is 0.607. The van der Waals surface area contributed by atoms with Gasteiger partial charge in [-0.3, -0.25) is 4.57 Å². The molecule has 22 heavy (non-hydrogen) atoms. The van der Waals surface area contributed by atoms with E-state index < -0.39 is 6.57 Å². The Morgan fingerprint density at radius 2 is 1.68 bits per heavy atom. The van der Waals surface area contributed by atoms with Gasteiger partial charge in [0.05, 0.1) is 12.1 Å². The summed E-state index contributed by atoms with van der Waals surface area (Å²) < 4.78 is 18.5. The standard InChI is InChI=1S/C17H29O2PS2/c1-3-5-6-7-8-12-15-21-16-20(18,19-4-2)22-17-13-10-9-11-14-17/h9-11,13-14H,3-8,12,15-16H2,1-2H3. The molecule has 0 radical (unpaired) electrons. The van der Waals surface area contributed by atoms with Gasteiger partial charge >= 0.3 is 0 Å². The van der Waals surface area contributed by atoms with E-state index in [1.165, 1.54) is 49.9 Å². The average molecular weight is 361 g/mol. The highest BCUT2D eigenvalue weighted by Crippen LogP contribution is 2.64. The quantitative estimate of drug-likeness (QED) is 0.278. The summed E-state index contributed by atoms with van der Waals surface area (Å²) in [5, 5.41) is 0. The minimum Gasteiger partial charge on any atom is -0.321 e. The van der Waals surface area contributed by atoms with Gasteiger partial charge < -0.3 is 4.52 Å². The second-order valence-electron chi connectivity index (χ2n) is 5.24. The molecule has 1 rings (SSSR count). The van der Waals surface area contributed by atoms with Crippen LogP contribution in [0.15, 0.2) is 35.2 Å². The van der Waals surface area contributed by atoms with Crippen LogP contribution in [0, 0.1) is 0 Å². The summed E-state index contributed by atoms with van der Waals surface area (Å²) in [6.45, 7) is 2.04. The van der Waals surface area contributed by atoms with Crippen molar-refractivity contribution in [3.05, 3.63) is 30.3 Å². The van der Waals surface area contributed by atoms with Crippen molar-refractivity contribution in [1.82, 2.24) is 0 Å². The monoisotopic (exact) mass is 360 g/mol. The van der Waals surface area contributed by atoms with Crippen molar-refractivity contribution in [1.29, 1.82) is 0 Å². The molecule has 0 aliphatic rings. The van der Waals surface area contributed by atoms with Gasteiger partial charge in [-0.05, 0) is 42.6 Å². The molecule has 1 aromatic carbocycles. The summed E-state index contributed by atoms with van der Waals surface area (Å²) in [6, 6.07) is 9.91. The molecule has 0 amide bonds. The first-order valence-corrected chi connectivity index (χ1v) is 12.6. The molecule has 1 unspecified atom stereocenters.